The molecule has 0 unspecified atom stereocenters. The number of nitrogens with one attached hydrogen (secondary N) is 2. The van der Waals surface area contributed by atoms with Crippen LogP contribution in [0.2, 0.25) is 0 Å². The molecule has 8 heteroatoms. The number of halogens is 3. The molecule has 2 rings (SSSR count). The molecule has 132 valence electrons. The van der Waals surface area contributed by atoms with E-state index in [9.17, 15) is 22.8 Å². The molecule has 5 nitrogen and oxygen atoms in total. The van der Waals surface area contributed by atoms with Gasteiger partial charge >= 0.3 is 6.18 Å². The van der Waals surface area contributed by atoms with Gasteiger partial charge in [0.1, 0.15) is 5.75 Å². The van der Waals surface area contributed by atoms with Crippen LogP contribution in [-0.4, -0.2) is 25.5 Å². The lowest BCUT2D eigenvalue weighted by Crippen LogP contribution is -2.22. The summed E-state index contributed by atoms with van der Waals surface area (Å²) < 4.78 is 43.5. The Labute approximate surface area is 141 Å². The van der Waals surface area contributed by atoms with Gasteiger partial charge in [0, 0.05) is 18.3 Å². The number of rotatable bonds is 5. The van der Waals surface area contributed by atoms with Gasteiger partial charge in [0.05, 0.1) is 5.56 Å². The van der Waals surface area contributed by atoms with Gasteiger partial charge in [-0.05, 0) is 30.3 Å². The minimum Gasteiger partial charge on any atom is -0.483 e. The number of hydrogen-bond donors (Lipinski definition) is 2. The quantitative estimate of drug-likeness (QED) is 0.869. The molecule has 2 N–H and O–H groups in total. The maximum atomic E-state index is 12.9. The van der Waals surface area contributed by atoms with Crippen molar-refractivity contribution in [1.29, 1.82) is 0 Å². The van der Waals surface area contributed by atoms with Crippen LogP contribution in [0, 0.1) is 0 Å². The molecule has 0 bridgehead atoms. The number of anilines is 1. The summed E-state index contributed by atoms with van der Waals surface area (Å²) >= 11 is 0. The minimum atomic E-state index is -4.57. The summed E-state index contributed by atoms with van der Waals surface area (Å²) in [6.07, 6.45) is -4.57. The Kier molecular flexibility index (Phi) is 5.63. The number of amides is 2. The van der Waals surface area contributed by atoms with E-state index in [1.165, 1.54) is 25.2 Å². The maximum Gasteiger partial charge on any atom is 0.419 e. The summed E-state index contributed by atoms with van der Waals surface area (Å²) in [6.45, 7) is -0.600. The molecule has 2 amide bonds. The number of carbonyl (C=O) groups is 2. The van der Waals surface area contributed by atoms with E-state index in [2.05, 4.69) is 10.6 Å². The van der Waals surface area contributed by atoms with Crippen molar-refractivity contribution in [3.05, 3.63) is 59.7 Å². The molecular weight excluding hydrogens is 337 g/mol. The van der Waals surface area contributed by atoms with Crippen LogP contribution in [0.3, 0.4) is 0 Å². The first-order valence-electron chi connectivity index (χ1n) is 7.22. The highest BCUT2D eigenvalue weighted by Gasteiger charge is 2.34. The van der Waals surface area contributed by atoms with Crippen molar-refractivity contribution in [1.82, 2.24) is 5.32 Å². The van der Waals surface area contributed by atoms with Crippen LogP contribution in [0.1, 0.15) is 15.9 Å². The van der Waals surface area contributed by atoms with Crippen LogP contribution < -0.4 is 15.4 Å². The maximum absolute atomic E-state index is 12.9. The highest BCUT2D eigenvalue weighted by Crippen LogP contribution is 2.35. The fraction of sp³-hybridized carbons (Fsp3) is 0.176. The standard InChI is InChI=1S/C17H15F3N2O3/c1-21-16(24)11-5-4-6-12(9-11)22-15(23)10-25-14-8-3-2-7-13(14)17(18,19)20/h2-9H,10H2,1H3,(H,21,24)(H,22,23). The highest BCUT2D eigenvalue weighted by atomic mass is 19.4. The Hall–Kier alpha value is -3.03. The molecule has 0 atom stereocenters. The largest absolute Gasteiger partial charge is 0.483 e. The Morgan fingerprint density at radius 1 is 1.08 bits per heavy atom. The van der Waals surface area contributed by atoms with Gasteiger partial charge in [-0.15, -0.1) is 0 Å². The molecule has 0 aliphatic heterocycles. The molecule has 25 heavy (non-hydrogen) atoms. The zero-order chi connectivity index (χ0) is 18.4. The van der Waals surface area contributed by atoms with Crippen molar-refractivity contribution in [2.75, 3.05) is 19.0 Å². The SMILES string of the molecule is CNC(=O)c1cccc(NC(=O)COc2ccccc2C(F)(F)F)c1. The number of alkyl halides is 3. The van der Waals surface area contributed by atoms with Crippen molar-refractivity contribution in [3.8, 4) is 5.75 Å². The Bertz CT molecular complexity index is 776. The lowest BCUT2D eigenvalue weighted by Gasteiger charge is -2.13. The van der Waals surface area contributed by atoms with E-state index < -0.39 is 30.0 Å². The molecule has 0 radical (unpaired) electrons. The fourth-order valence-electron chi connectivity index (χ4n) is 2.05. The molecule has 0 saturated heterocycles. The van der Waals surface area contributed by atoms with Gasteiger partial charge in [-0.1, -0.05) is 18.2 Å². The third-order valence-electron chi connectivity index (χ3n) is 3.19. The summed E-state index contributed by atoms with van der Waals surface area (Å²) in [7, 11) is 1.47. The van der Waals surface area contributed by atoms with E-state index in [-0.39, 0.29) is 5.91 Å². The van der Waals surface area contributed by atoms with E-state index in [0.717, 1.165) is 12.1 Å². The molecule has 0 fully saturated rings. The second kappa shape index (κ2) is 7.69. The van der Waals surface area contributed by atoms with Gasteiger partial charge < -0.3 is 15.4 Å². The smallest absolute Gasteiger partial charge is 0.419 e. The number of hydrogen-bond acceptors (Lipinski definition) is 3. The molecule has 0 aromatic heterocycles. The molecule has 0 heterocycles. The van der Waals surface area contributed by atoms with Crippen LogP contribution in [0.5, 0.6) is 5.75 Å². The summed E-state index contributed by atoms with van der Waals surface area (Å²) in [4.78, 5) is 23.4. The zero-order valence-corrected chi connectivity index (χ0v) is 13.2. The Morgan fingerprint density at radius 3 is 2.48 bits per heavy atom. The summed E-state index contributed by atoms with van der Waals surface area (Å²) in [6, 6.07) is 10.8. The Morgan fingerprint density at radius 2 is 1.80 bits per heavy atom. The average Bonchev–Trinajstić information content (AvgIpc) is 2.59. The van der Waals surface area contributed by atoms with Gasteiger partial charge in [-0.3, -0.25) is 9.59 Å². The number of benzene rings is 2. The molecule has 0 spiro atoms. The first-order chi connectivity index (χ1) is 11.8. The van der Waals surface area contributed by atoms with E-state index in [1.807, 2.05) is 0 Å². The van der Waals surface area contributed by atoms with Gasteiger partial charge in [-0.2, -0.15) is 13.2 Å². The normalized spacial score (nSPS) is 10.9. The molecule has 0 aliphatic carbocycles. The lowest BCUT2D eigenvalue weighted by molar-refractivity contribution is -0.139. The van der Waals surface area contributed by atoms with Crippen LogP contribution >= 0.6 is 0 Å². The van der Waals surface area contributed by atoms with Crippen LogP contribution in [0.4, 0.5) is 18.9 Å². The number of ether oxygens (including phenoxy) is 1. The predicted octanol–water partition coefficient (Wildman–Crippen LogP) is 3.08. The van der Waals surface area contributed by atoms with Gasteiger partial charge in [0.2, 0.25) is 0 Å². The second-order valence-electron chi connectivity index (χ2n) is 4.99. The zero-order valence-electron chi connectivity index (χ0n) is 13.2. The second-order valence-corrected chi connectivity index (χ2v) is 4.99. The first-order valence-corrected chi connectivity index (χ1v) is 7.22. The van der Waals surface area contributed by atoms with Crippen molar-refractivity contribution in [2.24, 2.45) is 0 Å². The number of para-hydroxylation sites is 1. The molecular formula is C17H15F3N2O3. The van der Waals surface area contributed by atoms with Crippen molar-refractivity contribution < 1.29 is 27.5 Å². The third-order valence-corrected chi connectivity index (χ3v) is 3.19. The number of carbonyl (C=O) groups excluding carboxylic acids is 2. The first kappa shape index (κ1) is 18.3. The van der Waals surface area contributed by atoms with Crippen molar-refractivity contribution >= 4 is 17.5 Å². The monoisotopic (exact) mass is 352 g/mol. The van der Waals surface area contributed by atoms with Crippen molar-refractivity contribution in [3.63, 3.8) is 0 Å². The van der Waals surface area contributed by atoms with Crippen LogP contribution in [0.25, 0.3) is 0 Å². The molecule has 0 saturated carbocycles. The summed E-state index contributed by atoms with van der Waals surface area (Å²) in [5, 5.41) is 4.91. The van der Waals surface area contributed by atoms with Gasteiger partial charge in [-0.25, -0.2) is 0 Å². The minimum absolute atomic E-state index is 0.327. The topological polar surface area (TPSA) is 67.4 Å². The van der Waals surface area contributed by atoms with E-state index in [4.69, 9.17) is 4.74 Å². The molecule has 2 aromatic rings. The third kappa shape index (κ3) is 4.97. The average molecular weight is 352 g/mol. The van der Waals surface area contributed by atoms with Crippen LogP contribution in [0.15, 0.2) is 48.5 Å². The molecule has 2 aromatic carbocycles. The lowest BCUT2D eigenvalue weighted by atomic mass is 10.2. The highest BCUT2D eigenvalue weighted by molar-refractivity contribution is 5.97. The molecule has 0 aliphatic rings. The van der Waals surface area contributed by atoms with Gasteiger partial charge in [0.25, 0.3) is 11.8 Å². The van der Waals surface area contributed by atoms with E-state index >= 15 is 0 Å². The summed E-state index contributed by atoms with van der Waals surface area (Å²) in [5.41, 5.74) is -0.285. The fourth-order valence-corrected chi connectivity index (χ4v) is 2.05. The van der Waals surface area contributed by atoms with Crippen LogP contribution in [-0.2, 0) is 11.0 Å². The van der Waals surface area contributed by atoms with E-state index in [1.54, 1.807) is 18.2 Å². The van der Waals surface area contributed by atoms with Crippen molar-refractivity contribution in [2.45, 2.75) is 6.18 Å². The van der Waals surface area contributed by atoms with Gasteiger partial charge in [0.15, 0.2) is 6.61 Å². The van der Waals surface area contributed by atoms with E-state index in [0.29, 0.717) is 11.3 Å². The summed E-state index contributed by atoms with van der Waals surface area (Å²) in [5.74, 6) is -1.40. The predicted molar refractivity (Wildman–Crippen MR) is 85.4 cm³/mol. The Balaban J connectivity index is 2.02.